The van der Waals surface area contributed by atoms with Crippen LogP contribution in [0.3, 0.4) is 0 Å². The Labute approximate surface area is 123 Å². The molecular formula is C16H17ClOS. The predicted octanol–water partition coefficient (Wildman–Crippen LogP) is 4.73. The molecule has 3 unspecified atom stereocenters. The van der Waals surface area contributed by atoms with Gasteiger partial charge in [0.25, 0.3) is 0 Å². The minimum Gasteiger partial charge on any atom is -0.389 e. The van der Waals surface area contributed by atoms with Crippen molar-refractivity contribution in [3.8, 4) is 0 Å². The van der Waals surface area contributed by atoms with Crippen LogP contribution in [0.15, 0.2) is 47.4 Å². The zero-order chi connectivity index (χ0) is 13.5. The van der Waals surface area contributed by atoms with E-state index in [4.69, 9.17) is 11.6 Å². The van der Waals surface area contributed by atoms with Gasteiger partial charge in [0.05, 0.1) is 5.60 Å². The summed E-state index contributed by atoms with van der Waals surface area (Å²) in [5.41, 5.74) is 0.571. The first kappa shape index (κ1) is 13.3. The van der Waals surface area contributed by atoms with Crippen LogP contribution in [0.2, 0.25) is 5.02 Å². The van der Waals surface area contributed by atoms with Crippen LogP contribution < -0.4 is 0 Å². The number of benzene rings is 1. The summed E-state index contributed by atoms with van der Waals surface area (Å²) in [6, 6.07) is 7.98. The Balaban J connectivity index is 1.89. The largest absolute Gasteiger partial charge is 0.389 e. The Kier molecular flexibility index (Phi) is 3.50. The van der Waals surface area contributed by atoms with Gasteiger partial charge in [-0.05, 0) is 42.4 Å². The van der Waals surface area contributed by atoms with E-state index in [1.165, 1.54) is 10.5 Å². The first-order valence-electron chi connectivity index (χ1n) is 6.57. The minimum absolute atomic E-state index is 0.162. The van der Waals surface area contributed by atoms with E-state index in [1.54, 1.807) is 0 Å². The standard InChI is InChI=1S/C16H17ClOS/c1-16(18)10-15(11-6-8-12(17)9-7-11)19-14-5-3-2-4-13(14)16/h2,4-9,13,15,18H,3,10H2,1H3. The Hall–Kier alpha value is -0.700. The number of fused-ring (bicyclic) bond motifs is 1. The maximum absolute atomic E-state index is 10.7. The van der Waals surface area contributed by atoms with Crippen molar-refractivity contribution in [3.05, 3.63) is 58.0 Å². The van der Waals surface area contributed by atoms with Crippen molar-refractivity contribution in [2.24, 2.45) is 5.92 Å². The molecule has 0 radical (unpaired) electrons. The quantitative estimate of drug-likeness (QED) is 0.755. The number of halogens is 1. The lowest BCUT2D eigenvalue weighted by atomic mass is 9.81. The van der Waals surface area contributed by atoms with Crippen molar-refractivity contribution in [2.75, 3.05) is 0 Å². The van der Waals surface area contributed by atoms with E-state index in [0.717, 1.165) is 17.9 Å². The van der Waals surface area contributed by atoms with E-state index in [1.807, 2.05) is 30.8 Å². The molecule has 1 aliphatic carbocycles. The molecule has 100 valence electrons. The Morgan fingerprint density at radius 1 is 1.32 bits per heavy atom. The molecule has 3 heteroatoms. The Morgan fingerprint density at radius 3 is 2.79 bits per heavy atom. The molecule has 1 heterocycles. The molecule has 1 fully saturated rings. The van der Waals surface area contributed by atoms with Gasteiger partial charge < -0.3 is 5.11 Å². The molecule has 1 aromatic rings. The van der Waals surface area contributed by atoms with Crippen molar-refractivity contribution >= 4 is 23.4 Å². The average molecular weight is 293 g/mol. The number of aliphatic hydroxyl groups is 1. The summed E-state index contributed by atoms with van der Waals surface area (Å²) in [6.07, 6.45) is 8.28. The summed E-state index contributed by atoms with van der Waals surface area (Å²) in [6.45, 7) is 1.95. The normalized spacial score (nSPS) is 33.7. The monoisotopic (exact) mass is 292 g/mol. The molecule has 1 N–H and O–H groups in total. The van der Waals surface area contributed by atoms with Gasteiger partial charge in [0.2, 0.25) is 0 Å². The van der Waals surface area contributed by atoms with Crippen molar-refractivity contribution in [3.63, 3.8) is 0 Å². The van der Waals surface area contributed by atoms with Gasteiger partial charge in [0.15, 0.2) is 0 Å². The number of rotatable bonds is 1. The molecule has 0 amide bonds. The molecule has 0 spiro atoms. The smallest absolute Gasteiger partial charge is 0.0741 e. The van der Waals surface area contributed by atoms with Gasteiger partial charge in [-0.3, -0.25) is 0 Å². The first-order chi connectivity index (χ1) is 9.06. The van der Waals surface area contributed by atoms with Gasteiger partial charge >= 0.3 is 0 Å². The molecule has 3 rings (SSSR count). The molecule has 1 saturated heterocycles. The summed E-state index contributed by atoms with van der Waals surface area (Å²) < 4.78 is 0. The molecule has 0 bridgehead atoms. The predicted molar refractivity (Wildman–Crippen MR) is 82.4 cm³/mol. The SMILES string of the molecule is CC1(O)CC(c2ccc(Cl)cc2)SC2=CCC=CC21. The van der Waals surface area contributed by atoms with Gasteiger partial charge in [0.1, 0.15) is 0 Å². The average Bonchev–Trinajstić information content (AvgIpc) is 2.39. The van der Waals surface area contributed by atoms with Crippen molar-refractivity contribution in [1.82, 2.24) is 0 Å². The van der Waals surface area contributed by atoms with Gasteiger partial charge in [-0.2, -0.15) is 0 Å². The lowest BCUT2D eigenvalue weighted by molar-refractivity contribution is 0.0205. The summed E-state index contributed by atoms with van der Waals surface area (Å²) in [5.74, 6) is 0.162. The van der Waals surface area contributed by atoms with Crippen LogP contribution in [-0.2, 0) is 0 Å². The first-order valence-corrected chi connectivity index (χ1v) is 7.83. The summed E-state index contributed by atoms with van der Waals surface area (Å²) in [5, 5.41) is 11.8. The van der Waals surface area contributed by atoms with Crippen LogP contribution in [0.1, 0.15) is 30.6 Å². The van der Waals surface area contributed by atoms with Crippen LogP contribution in [0.5, 0.6) is 0 Å². The molecule has 1 aromatic carbocycles. The van der Waals surface area contributed by atoms with Crippen LogP contribution in [-0.4, -0.2) is 10.7 Å². The van der Waals surface area contributed by atoms with E-state index in [9.17, 15) is 5.11 Å². The molecule has 1 nitrogen and oxygen atoms in total. The molecule has 2 aliphatic rings. The van der Waals surface area contributed by atoms with Gasteiger partial charge in [-0.15, -0.1) is 11.8 Å². The third-order valence-corrected chi connectivity index (χ3v) is 5.55. The summed E-state index contributed by atoms with van der Waals surface area (Å²) in [4.78, 5) is 1.30. The van der Waals surface area contributed by atoms with Crippen LogP contribution in [0, 0.1) is 5.92 Å². The number of allylic oxidation sites excluding steroid dienone is 2. The molecule has 0 aromatic heterocycles. The molecule has 19 heavy (non-hydrogen) atoms. The van der Waals surface area contributed by atoms with Gasteiger partial charge in [-0.1, -0.05) is 42.0 Å². The number of hydrogen-bond acceptors (Lipinski definition) is 2. The maximum Gasteiger partial charge on any atom is 0.0741 e. The highest BCUT2D eigenvalue weighted by Gasteiger charge is 2.41. The van der Waals surface area contributed by atoms with Crippen LogP contribution >= 0.6 is 23.4 Å². The Morgan fingerprint density at radius 2 is 2.05 bits per heavy atom. The maximum atomic E-state index is 10.7. The number of hydrogen-bond donors (Lipinski definition) is 1. The topological polar surface area (TPSA) is 20.2 Å². The molecule has 1 aliphatic heterocycles. The highest BCUT2D eigenvalue weighted by Crippen LogP contribution is 2.53. The van der Waals surface area contributed by atoms with E-state index >= 15 is 0 Å². The second kappa shape index (κ2) is 5.01. The molecular weight excluding hydrogens is 276 g/mol. The van der Waals surface area contributed by atoms with E-state index in [2.05, 4.69) is 30.4 Å². The lowest BCUT2D eigenvalue weighted by Crippen LogP contribution is -2.39. The molecule has 3 atom stereocenters. The Bertz CT molecular complexity index is 530. The third-order valence-electron chi connectivity index (χ3n) is 3.88. The van der Waals surface area contributed by atoms with Gasteiger partial charge in [-0.25, -0.2) is 0 Å². The van der Waals surface area contributed by atoms with Crippen molar-refractivity contribution < 1.29 is 5.11 Å². The van der Waals surface area contributed by atoms with E-state index in [0.29, 0.717) is 5.25 Å². The van der Waals surface area contributed by atoms with Crippen LogP contribution in [0.4, 0.5) is 0 Å². The third kappa shape index (κ3) is 2.62. The highest BCUT2D eigenvalue weighted by molar-refractivity contribution is 8.03. The number of thioether (sulfide) groups is 1. The van der Waals surface area contributed by atoms with Gasteiger partial charge in [0, 0.05) is 16.2 Å². The minimum atomic E-state index is -0.668. The fourth-order valence-electron chi connectivity index (χ4n) is 2.83. The van der Waals surface area contributed by atoms with Crippen molar-refractivity contribution in [1.29, 1.82) is 0 Å². The summed E-state index contributed by atoms with van der Waals surface area (Å²) in [7, 11) is 0. The van der Waals surface area contributed by atoms with E-state index < -0.39 is 5.60 Å². The second-order valence-corrected chi connectivity index (χ2v) is 7.18. The zero-order valence-corrected chi connectivity index (χ0v) is 12.4. The fraction of sp³-hybridized carbons (Fsp3) is 0.375. The van der Waals surface area contributed by atoms with Crippen LogP contribution in [0.25, 0.3) is 0 Å². The van der Waals surface area contributed by atoms with E-state index in [-0.39, 0.29) is 5.92 Å². The zero-order valence-electron chi connectivity index (χ0n) is 10.8. The highest BCUT2D eigenvalue weighted by atomic mass is 35.5. The summed E-state index contributed by atoms with van der Waals surface area (Å²) >= 11 is 7.82. The molecule has 0 saturated carbocycles. The second-order valence-electron chi connectivity index (χ2n) is 5.47. The van der Waals surface area contributed by atoms with Crippen molar-refractivity contribution in [2.45, 2.75) is 30.6 Å². The lowest BCUT2D eigenvalue weighted by Gasteiger charge is -2.42. The fourth-order valence-corrected chi connectivity index (χ4v) is 4.67.